The Hall–Kier alpha value is -3.15. The van der Waals surface area contributed by atoms with Gasteiger partial charge in [0.25, 0.3) is 5.91 Å². The second-order valence-corrected chi connectivity index (χ2v) is 7.33. The summed E-state index contributed by atoms with van der Waals surface area (Å²) in [5.74, 6) is -1.92. The van der Waals surface area contributed by atoms with Gasteiger partial charge in [-0.05, 0) is 25.5 Å². The van der Waals surface area contributed by atoms with Crippen molar-refractivity contribution in [2.24, 2.45) is 11.8 Å². The Morgan fingerprint density at radius 2 is 1.68 bits per heavy atom. The lowest BCUT2D eigenvalue weighted by molar-refractivity contribution is -0.146. The van der Waals surface area contributed by atoms with E-state index in [-0.39, 0.29) is 17.8 Å². The fourth-order valence-corrected chi connectivity index (χ4v) is 4.05. The molecule has 1 amide bonds. The lowest BCUT2D eigenvalue weighted by Gasteiger charge is -2.34. The average Bonchev–Trinajstić information content (AvgIpc) is 3.50. The maximum atomic E-state index is 13.4. The highest BCUT2D eigenvalue weighted by Crippen LogP contribution is 2.55. The number of benzene rings is 2. The van der Waals surface area contributed by atoms with Gasteiger partial charge in [0.15, 0.2) is 0 Å². The van der Waals surface area contributed by atoms with E-state index in [2.05, 4.69) is 0 Å². The highest BCUT2D eigenvalue weighted by molar-refractivity contribution is 6.00. The number of esters is 2. The Morgan fingerprint density at radius 1 is 1.07 bits per heavy atom. The van der Waals surface area contributed by atoms with Crippen molar-refractivity contribution in [3.8, 4) is 0 Å². The Kier molecular flexibility index (Phi) is 4.41. The first-order chi connectivity index (χ1) is 13.5. The first-order valence-corrected chi connectivity index (χ1v) is 9.21. The summed E-state index contributed by atoms with van der Waals surface area (Å²) in [7, 11) is 1.33. The minimum atomic E-state index is -1.24. The fraction of sp³-hybridized carbons (Fsp3) is 0.318. The Labute approximate surface area is 163 Å². The third kappa shape index (κ3) is 2.76. The van der Waals surface area contributed by atoms with Crippen molar-refractivity contribution < 1.29 is 23.9 Å². The SMILES string of the molecule is COC(=O)[C@H]1C[C@@H]1[C@@]1(C)C(=O)O[C@H](c2ccccc2)N1C(=O)c1ccccc1. The van der Waals surface area contributed by atoms with Crippen LogP contribution in [0.4, 0.5) is 0 Å². The number of methoxy groups -OCH3 is 1. The molecular formula is C22H21NO5. The molecule has 0 aromatic heterocycles. The summed E-state index contributed by atoms with van der Waals surface area (Å²) in [6.07, 6.45) is -0.358. The van der Waals surface area contributed by atoms with E-state index in [0.717, 1.165) is 0 Å². The van der Waals surface area contributed by atoms with Gasteiger partial charge in [-0.3, -0.25) is 14.5 Å². The zero-order valence-corrected chi connectivity index (χ0v) is 15.7. The highest BCUT2D eigenvalue weighted by atomic mass is 16.6. The van der Waals surface area contributed by atoms with Crippen LogP contribution in [0.3, 0.4) is 0 Å². The van der Waals surface area contributed by atoms with Crippen molar-refractivity contribution in [2.75, 3.05) is 7.11 Å². The minimum Gasteiger partial charge on any atom is -0.469 e. The number of cyclic esters (lactones) is 1. The first kappa shape index (κ1) is 18.2. The fourth-order valence-electron chi connectivity index (χ4n) is 4.05. The molecule has 0 N–H and O–H groups in total. The van der Waals surface area contributed by atoms with Gasteiger partial charge in [0.2, 0.25) is 6.23 Å². The molecule has 1 saturated carbocycles. The van der Waals surface area contributed by atoms with Crippen LogP contribution in [0.1, 0.15) is 35.5 Å². The highest BCUT2D eigenvalue weighted by Gasteiger charge is 2.67. The van der Waals surface area contributed by atoms with E-state index < -0.39 is 23.7 Å². The zero-order chi connectivity index (χ0) is 19.9. The summed E-state index contributed by atoms with van der Waals surface area (Å²) in [6.45, 7) is 1.69. The molecule has 4 rings (SSSR count). The molecule has 0 spiro atoms. The largest absolute Gasteiger partial charge is 0.469 e. The van der Waals surface area contributed by atoms with Gasteiger partial charge in [-0.15, -0.1) is 0 Å². The summed E-state index contributed by atoms with van der Waals surface area (Å²) in [6, 6.07) is 17.9. The van der Waals surface area contributed by atoms with Crippen LogP contribution in [-0.2, 0) is 19.1 Å². The van der Waals surface area contributed by atoms with E-state index in [9.17, 15) is 14.4 Å². The molecule has 2 aromatic carbocycles. The van der Waals surface area contributed by atoms with Crippen molar-refractivity contribution in [2.45, 2.75) is 25.1 Å². The van der Waals surface area contributed by atoms with E-state index in [1.54, 1.807) is 31.2 Å². The molecule has 6 heteroatoms. The van der Waals surface area contributed by atoms with Crippen LogP contribution in [0, 0.1) is 11.8 Å². The summed E-state index contributed by atoms with van der Waals surface area (Å²) in [5.41, 5.74) is -0.0749. The number of ether oxygens (including phenoxy) is 2. The smallest absolute Gasteiger partial charge is 0.334 e. The number of carbonyl (C=O) groups excluding carboxylic acids is 3. The van der Waals surface area contributed by atoms with Gasteiger partial charge in [-0.25, -0.2) is 4.79 Å². The quantitative estimate of drug-likeness (QED) is 0.764. The van der Waals surface area contributed by atoms with Crippen LogP contribution in [0.25, 0.3) is 0 Å². The number of hydrogen-bond donors (Lipinski definition) is 0. The maximum absolute atomic E-state index is 13.4. The van der Waals surface area contributed by atoms with Gasteiger partial charge in [-0.1, -0.05) is 48.5 Å². The second-order valence-electron chi connectivity index (χ2n) is 7.33. The Balaban J connectivity index is 1.77. The lowest BCUT2D eigenvalue weighted by atomic mass is 9.91. The van der Waals surface area contributed by atoms with Crippen molar-refractivity contribution in [1.29, 1.82) is 0 Å². The number of nitrogens with zero attached hydrogens (tertiary/aromatic N) is 1. The molecule has 1 aliphatic heterocycles. The van der Waals surface area contributed by atoms with E-state index in [4.69, 9.17) is 9.47 Å². The minimum absolute atomic E-state index is 0.307. The molecule has 1 heterocycles. The molecule has 6 nitrogen and oxygen atoms in total. The van der Waals surface area contributed by atoms with Gasteiger partial charge < -0.3 is 9.47 Å². The Morgan fingerprint density at radius 3 is 2.29 bits per heavy atom. The number of amides is 1. The van der Waals surface area contributed by atoms with Crippen LogP contribution in [0.15, 0.2) is 60.7 Å². The summed E-state index contributed by atoms with van der Waals surface area (Å²) < 4.78 is 10.5. The van der Waals surface area contributed by atoms with Gasteiger partial charge in [-0.2, -0.15) is 0 Å². The molecule has 2 aromatic rings. The molecule has 144 valence electrons. The average molecular weight is 379 g/mol. The molecule has 1 aliphatic carbocycles. The topological polar surface area (TPSA) is 72.9 Å². The normalized spacial score (nSPS) is 28.6. The summed E-state index contributed by atoms with van der Waals surface area (Å²) >= 11 is 0. The molecule has 2 aliphatic rings. The van der Waals surface area contributed by atoms with Gasteiger partial charge in [0, 0.05) is 17.0 Å². The van der Waals surface area contributed by atoms with E-state index in [1.165, 1.54) is 12.0 Å². The lowest BCUT2D eigenvalue weighted by Crippen LogP contribution is -2.52. The number of rotatable bonds is 4. The van der Waals surface area contributed by atoms with Crippen molar-refractivity contribution in [1.82, 2.24) is 4.90 Å². The van der Waals surface area contributed by atoms with Crippen LogP contribution in [0.2, 0.25) is 0 Å². The van der Waals surface area contributed by atoms with Crippen LogP contribution < -0.4 is 0 Å². The molecule has 1 saturated heterocycles. The monoisotopic (exact) mass is 379 g/mol. The second kappa shape index (κ2) is 6.78. The van der Waals surface area contributed by atoms with Crippen molar-refractivity contribution in [3.63, 3.8) is 0 Å². The third-order valence-corrected chi connectivity index (χ3v) is 5.71. The van der Waals surface area contributed by atoms with Gasteiger partial charge >= 0.3 is 11.9 Å². The third-order valence-electron chi connectivity index (χ3n) is 5.71. The predicted octanol–water partition coefficient (Wildman–Crippen LogP) is 2.95. The molecular weight excluding hydrogens is 358 g/mol. The van der Waals surface area contributed by atoms with E-state index >= 15 is 0 Å². The van der Waals surface area contributed by atoms with Crippen LogP contribution in [0.5, 0.6) is 0 Å². The van der Waals surface area contributed by atoms with Crippen LogP contribution in [-0.4, -0.2) is 35.4 Å². The predicted molar refractivity (Wildman–Crippen MR) is 99.9 cm³/mol. The molecule has 0 unspecified atom stereocenters. The van der Waals surface area contributed by atoms with E-state index in [0.29, 0.717) is 17.5 Å². The van der Waals surface area contributed by atoms with Crippen molar-refractivity contribution >= 4 is 17.8 Å². The standard InChI is InChI=1S/C22H21NO5/c1-22(17-13-16(17)20(25)27-2)21(26)28-19(15-11-7-4-8-12-15)23(22)18(24)14-9-5-3-6-10-14/h3-12,16-17,19H,13H2,1-2H3/t16-,17-,19+,22-/m0/s1. The number of hydrogen-bond acceptors (Lipinski definition) is 5. The summed E-state index contributed by atoms with van der Waals surface area (Å²) in [5, 5.41) is 0. The number of carbonyl (C=O) groups is 3. The van der Waals surface area contributed by atoms with Crippen LogP contribution >= 0.6 is 0 Å². The van der Waals surface area contributed by atoms with E-state index in [1.807, 2.05) is 36.4 Å². The Bertz CT molecular complexity index is 913. The molecule has 0 bridgehead atoms. The zero-order valence-electron chi connectivity index (χ0n) is 15.7. The van der Waals surface area contributed by atoms with Crippen molar-refractivity contribution in [3.05, 3.63) is 71.8 Å². The van der Waals surface area contributed by atoms with Gasteiger partial charge in [0.05, 0.1) is 13.0 Å². The molecule has 4 atom stereocenters. The van der Waals surface area contributed by atoms with Gasteiger partial charge in [0.1, 0.15) is 5.54 Å². The maximum Gasteiger partial charge on any atom is 0.334 e. The molecule has 2 fully saturated rings. The molecule has 28 heavy (non-hydrogen) atoms. The summed E-state index contributed by atoms with van der Waals surface area (Å²) in [4.78, 5) is 39.9. The molecule has 0 radical (unpaired) electrons. The first-order valence-electron chi connectivity index (χ1n) is 9.21.